The van der Waals surface area contributed by atoms with Crippen molar-refractivity contribution in [2.24, 2.45) is 0 Å². The van der Waals surface area contributed by atoms with Crippen molar-refractivity contribution in [3.05, 3.63) is 107 Å². The van der Waals surface area contributed by atoms with E-state index in [0.717, 1.165) is 22.4 Å². The van der Waals surface area contributed by atoms with Crippen molar-refractivity contribution < 1.29 is 14.3 Å². The number of ether oxygens (including phenoxy) is 2. The van der Waals surface area contributed by atoms with E-state index in [0.29, 0.717) is 12.3 Å². The Morgan fingerprint density at radius 3 is 2.31 bits per heavy atom. The van der Waals surface area contributed by atoms with Gasteiger partial charge in [0.2, 0.25) is 0 Å². The Kier molecular flexibility index (Phi) is 5.34. The summed E-state index contributed by atoms with van der Waals surface area (Å²) >= 11 is 0. The molecule has 0 radical (unpaired) electrons. The standard InChI is InChI=1S/C25H23NO3/c1-18-8-12-21(13-9-18)24-23(16-19-6-4-3-5-7-19)29-25(27)26(24)17-20-10-14-22(28-2)15-11-20/h3-16,24H,17H2,1-2H3/b23-16-. The molecular formula is C25H23NO3. The van der Waals surface area contributed by atoms with Crippen molar-refractivity contribution in [1.29, 1.82) is 0 Å². The van der Waals surface area contributed by atoms with Gasteiger partial charge in [-0.05, 0) is 41.8 Å². The summed E-state index contributed by atoms with van der Waals surface area (Å²) in [6, 6.07) is 25.6. The normalized spacial score (nSPS) is 17.4. The van der Waals surface area contributed by atoms with Crippen molar-refractivity contribution in [3.63, 3.8) is 0 Å². The molecule has 1 saturated heterocycles. The Morgan fingerprint density at radius 2 is 1.66 bits per heavy atom. The van der Waals surface area contributed by atoms with E-state index in [9.17, 15) is 4.79 Å². The maximum absolute atomic E-state index is 12.8. The highest BCUT2D eigenvalue weighted by Crippen LogP contribution is 2.38. The summed E-state index contributed by atoms with van der Waals surface area (Å²) in [5.74, 6) is 1.43. The fraction of sp³-hybridized carbons (Fsp3) is 0.160. The minimum Gasteiger partial charge on any atom is -0.497 e. The van der Waals surface area contributed by atoms with E-state index in [1.165, 1.54) is 5.56 Å². The van der Waals surface area contributed by atoms with E-state index >= 15 is 0 Å². The van der Waals surface area contributed by atoms with Gasteiger partial charge in [-0.15, -0.1) is 0 Å². The van der Waals surface area contributed by atoms with Crippen LogP contribution in [-0.2, 0) is 11.3 Å². The lowest BCUT2D eigenvalue weighted by Gasteiger charge is -2.22. The molecule has 1 fully saturated rings. The van der Waals surface area contributed by atoms with Gasteiger partial charge in [-0.1, -0.05) is 72.3 Å². The van der Waals surface area contributed by atoms with Crippen LogP contribution in [0.25, 0.3) is 6.08 Å². The number of benzene rings is 3. The van der Waals surface area contributed by atoms with Gasteiger partial charge in [0.05, 0.1) is 13.7 Å². The molecule has 1 amide bonds. The van der Waals surface area contributed by atoms with Crippen LogP contribution in [0.2, 0.25) is 0 Å². The molecule has 0 saturated carbocycles. The molecule has 0 aromatic heterocycles. The van der Waals surface area contributed by atoms with Crippen LogP contribution in [0.15, 0.2) is 84.6 Å². The second kappa shape index (κ2) is 8.23. The SMILES string of the molecule is COc1ccc(CN2C(=O)O/C(=C\c3ccccc3)C2c2ccc(C)cc2)cc1. The van der Waals surface area contributed by atoms with Crippen LogP contribution in [0, 0.1) is 6.92 Å². The predicted octanol–water partition coefficient (Wildman–Crippen LogP) is 5.74. The zero-order valence-electron chi connectivity index (χ0n) is 16.5. The van der Waals surface area contributed by atoms with Crippen molar-refractivity contribution in [3.8, 4) is 5.75 Å². The Bertz CT molecular complexity index is 1010. The summed E-state index contributed by atoms with van der Waals surface area (Å²) in [6.45, 7) is 2.50. The van der Waals surface area contributed by atoms with Crippen LogP contribution in [0.3, 0.4) is 0 Å². The van der Waals surface area contributed by atoms with Gasteiger partial charge in [0.1, 0.15) is 17.6 Å². The molecule has 1 atom stereocenters. The fourth-order valence-corrected chi connectivity index (χ4v) is 3.47. The molecule has 3 aromatic carbocycles. The monoisotopic (exact) mass is 385 g/mol. The number of rotatable bonds is 5. The first-order valence-corrected chi connectivity index (χ1v) is 9.58. The summed E-state index contributed by atoms with van der Waals surface area (Å²) in [5, 5.41) is 0. The van der Waals surface area contributed by atoms with Crippen LogP contribution >= 0.6 is 0 Å². The van der Waals surface area contributed by atoms with Gasteiger partial charge in [-0.25, -0.2) is 4.79 Å². The molecule has 0 spiro atoms. The maximum atomic E-state index is 12.8. The van der Waals surface area contributed by atoms with E-state index in [1.54, 1.807) is 12.0 Å². The zero-order valence-corrected chi connectivity index (χ0v) is 16.5. The highest BCUT2D eigenvalue weighted by atomic mass is 16.6. The Balaban J connectivity index is 1.70. The molecule has 146 valence electrons. The van der Waals surface area contributed by atoms with Gasteiger partial charge in [0.25, 0.3) is 0 Å². The molecular weight excluding hydrogens is 362 g/mol. The van der Waals surface area contributed by atoms with Crippen LogP contribution in [0.4, 0.5) is 4.79 Å². The third-order valence-electron chi connectivity index (χ3n) is 5.03. The summed E-state index contributed by atoms with van der Waals surface area (Å²) in [4.78, 5) is 14.6. The lowest BCUT2D eigenvalue weighted by Crippen LogP contribution is -2.26. The molecule has 1 heterocycles. The topological polar surface area (TPSA) is 38.8 Å². The molecule has 1 unspecified atom stereocenters. The fourth-order valence-electron chi connectivity index (χ4n) is 3.47. The van der Waals surface area contributed by atoms with Gasteiger partial charge < -0.3 is 9.47 Å². The Morgan fingerprint density at radius 1 is 0.966 bits per heavy atom. The first-order valence-electron chi connectivity index (χ1n) is 9.58. The number of carbonyl (C=O) groups excluding carboxylic acids is 1. The lowest BCUT2D eigenvalue weighted by molar-refractivity contribution is 0.163. The van der Waals surface area contributed by atoms with Crippen molar-refractivity contribution in [2.45, 2.75) is 19.5 Å². The van der Waals surface area contributed by atoms with Gasteiger partial charge in [0.15, 0.2) is 0 Å². The van der Waals surface area contributed by atoms with E-state index in [1.807, 2.05) is 60.7 Å². The molecule has 29 heavy (non-hydrogen) atoms. The predicted molar refractivity (Wildman–Crippen MR) is 113 cm³/mol. The maximum Gasteiger partial charge on any atom is 0.416 e. The zero-order chi connectivity index (χ0) is 20.2. The van der Waals surface area contributed by atoms with E-state index < -0.39 is 0 Å². The van der Waals surface area contributed by atoms with Crippen molar-refractivity contribution >= 4 is 12.2 Å². The van der Waals surface area contributed by atoms with Crippen molar-refractivity contribution in [1.82, 2.24) is 4.90 Å². The summed E-state index contributed by atoms with van der Waals surface area (Å²) < 4.78 is 10.9. The van der Waals surface area contributed by atoms with Gasteiger partial charge in [0, 0.05) is 0 Å². The minimum atomic E-state index is -0.339. The number of hydrogen-bond donors (Lipinski definition) is 0. The minimum absolute atomic E-state index is 0.273. The molecule has 3 aromatic rings. The molecule has 4 rings (SSSR count). The van der Waals surface area contributed by atoms with Gasteiger partial charge in [-0.2, -0.15) is 0 Å². The first kappa shape index (κ1) is 18.8. The molecule has 0 aliphatic carbocycles. The highest BCUT2D eigenvalue weighted by molar-refractivity contribution is 5.76. The summed E-state index contributed by atoms with van der Waals surface area (Å²) in [7, 11) is 1.64. The van der Waals surface area contributed by atoms with Crippen LogP contribution < -0.4 is 4.74 Å². The quantitative estimate of drug-likeness (QED) is 0.562. The molecule has 4 nitrogen and oxygen atoms in total. The lowest BCUT2D eigenvalue weighted by atomic mass is 10.0. The summed E-state index contributed by atoms with van der Waals surface area (Å²) in [6.07, 6.45) is 1.60. The number of methoxy groups -OCH3 is 1. The van der Waals surface area contributed by atoms with Crippen LogP contribution in [0.1, 0.15) is 28.3 Å². The number of nitrogens with zero attached hydrogens (tertiary/aromatic N) is 1. The van der Waals surface area contributed by atoms with Crippen molar-refractivity contribution in [2.75, 3.05) is 7.11 Å². The van der Waals surface area contributed by atoms with E-state index in [4.69, 9.17) is 9.47 Å². The molecule has 1 aliphatic heterocycles. The average molecular weight is 385 g/mol. The Labute approximate surface area is 171 Å². The second-order valence-electron chi connectivity index (χ2n) is 7.11. The largest absolute Gasteiger partial charge is 0.497 e. The number of amides is 1. The smallest absolute Gasteiger partial charge is 0.416 e. The first-order chi connectivity index (χ1) is 14.1. The molecule has 0 bridgehead atoms. The summed E-state index contributed by atoms with van der Waals surface area (Å²) in [5.41, 5.74) is 4.21. The number of hydrogen-bond acceptors (Lipinski definition) is 3. The van der Waals surface area contributed by atoms with Gasteiger partial charge in [-0.3, -0.25) is 4.90 Å². The van der Waals surface area contributed by atoms with Crippen LogP contribution in [0.5, 0.6) is 5.75 Å². The molecule has 4 heteroatoms. The average Bonchev–Trinajstić information content (AvgIpc) is 3.04. The number of aryl methyl sites for hydroxylation is 1. The van der Waals surface area contributed by atoms with Gasteiger partial charge >= 0.3 is 6.09 Å². The Hall–Kier alpha value is -3.53. The third-order valence-corrected chi connectivity index (χ3v) is 5.03. The van der Waals surface area contributed by atoms with E-state index in [2.05, 4.69) is 31.2 Å². The number of cyclic esters (lactones) is 1. The molecule has 0 N–H and O–H groups in total. The highest BCUT2D eigenvalue weighted by Gasteiger charge is 2.38. The van der Waals surface area contributed by atoms with E-state index in [-0.39, 0.29) is 12.1 Å². The second-order valence-corrected chi connectivity index (χ2v) is 7.11. The van der Waals surface area contributed by atoms with Crippen LogP contribution in [-0.4, -0.2) is 18.1 Å². The molecule has 1 aliphatic rings. The number of carbonyl (C=O) groups is 1. The third kappa shape index (κ3) is 4.16.